The topological polar surface area (TPSA) is 52.0 Å². The number of hydrogen-bond acceptors (Lipinski definition) is 2. The largest absolute Gasteiger partial charge is 0.329 e. The Morgan fingerprint density at radius 1 is 1.54 bits per heavy atom. The molecule has 2 nitrogen and oxygen atoms in total. The molecule has 0 aliphatic rings. The standard InChI is InChI=1S/C9H12ClFN2/c1-5-2-3-6(11)8(9(5)10)7(13)4-12/h2-3,7H,4,12-13H2,1H3/t7-/m1/s1. The molecule has 1 atom stereocenters. The summed E-state index contributed by atoms with van der Waals surface area (Å²) in [6.07, 6.45) is 0. The highest BCUT2D eigenvalue weighted by atomic mass is 35.5. The van der Waals surface area contributed by atoms with Crippen molar-refractivity contribution in [2.24, 2.45) is 11.5 Å². The van der Waals surface area contributed by atoms with E-state index in [-0.39, 0.29) is 6.54 Å². The van der Waals surface area contributed by atoms with Crippen LogP contribution in [0.4, 0.5) is 4.39 Å². The van der Waals surface area contributed by atoms with Gasteiger partial charge >= 0.3 is 0 Å². The summed E-state index contributed by atoms with van der Waals surface area (Å²) in [5.74, 6) is -0.395. The molecule has 1 rings (SSSR count). The first-order valence-electron chi connectivity index (χ1n) is 3.98. The van der Waals surface area contributed by atoms with Gasteiger partial charge in [-0.3, -0.25) is 0 Å². The van der Waals surface area contributed by atoms with E-state index >= 15 is 0 Å². The molecule has 0 saturated carbocycles. The summed E-state index contributed by atoms with van der Waals surface area (Å²) in [6.45, 7) is 1.98. The summed E-state index contributed by atoms with van der Waals surface area (Å²) in [5.41, 5.74) is 12.1. The fraction of sp³-hybridized carbons (Fsp3) is 0.333. The normalized spacial score (nSPS) is 13.0. The Morgan fingerprint density at radius 2 is 2.15 bits per heavy atom. The van der Waals surface area contributed by atoms with Crippen LogP contribution in [0.25, 0.3) is 0 Å². The van der Waals surface area contributed by atoms with Crippen LogP contribution in [0, 0.1) is 12.7 Å². The maximum atomic E-state index is 13.2. The van der Waals surface area contributed by atoms with Crippen LogP contribution < -0.4 is 11.5 Å². The van der Waals surface area contributed by atoms with Crippen LogP contribution in [0.5, 0.6) is 0 Å². The predicted octanol–water partition coefficient (Wildman–Crippen LogP) is 1.75. The van der Waals surface area contributed by atoms with E-state index in [0.717, 1.165) is 5.56 Å². The average Bonchev–Trinajstić information content (AvgIpc) is 2.12. The SMILES string of the molecule is Cc1ccc(F)c([C@H](N)CN)c1Cl. The monoisotopic (exact) mass is 202 g/mol. The van der Waals surface area contributed by atoms with E-state index in [2.05, 4.69) is 0 Å². The van der Waals surface area contributed by atoms with Gasteiger partial charge in [-0.25, -0.2) is 4.39 Å². The molecule has 13 heavy (non-hydrogen) atoms. The van der Waals surface area contributed by atoms with Gasteiger partial charge in [0.25, 0.3) is 0 Å². The van der Waals surface area contributed by atoms with Crippen molar-refractivity contribution in [1.29, 1.82) is 0 Å². The van der Waals surface area contributed by atoms with Gasteiger partial charge in [-0.05, 0) is 18.6 Å². The smallest absolute Gasteiger partial charge is 0.129 e. The van der Waals surface area contributed by atoms with Gasteiger partial charge in [-0.1, -0.05) is 17.7 Å². The van der Waals surface area contributed by atoms with Gasteiger partial charge in [0.05, 0.1) is 5.02 Å². The van der Waals surface area contributed by atoms with Crippen LogP contribution in [0.3, 0.4) is 0 Å². The Labute approximate surface area is 81.7 Å². The minimum absolute atomic E-state index is 0.181. The van der Waals surface area contributed by atoms with Crippen LogP contribution in [0.2, 0.25) is 5.02 Å². The van der Waals surface area contributed by atoms with E-state index in [1.165, 1.54) is 6.07 Å². The molecule has 0 saturated heterocycles. The summed E-state index contributed by atoms with van der Waals surface area (Å²) in [4.78, 5) is 0. The van der Waals surface area contributed by atoms with Gasteiger partial charge < -0.3 is 11.5 Å². The fourth-order valence-corrected chi connectivity index (χ4v) is 1.43. The maximum Gasteiger partial charge on any atom is 0.129 e. The average molecular weight is 203 g/mol. The molecule has 0 radical (unpaired) electrons. The zero-order chi connectivity index (χ0) is 10.0. The second-order valence-electron chi connectivity index (χ2n) is 2.93. The number of benzene rings is 1. The van der Waals surface area contributed by atoms with Gasteiger partial charge in [0.1, 0.15) is 5.82 Å². The Balaban J connectivity index is 3.25. The Bertz CT molecular complexity index is 315. The lowest BCUT2D eigenvalue weighted by Gasteiger charge is -2.13. The number of halogens is 2. The van der Waals surface area contributed by atoms with Crippen molar-refractivity contribution >= 4 is 11.6 Å². The molecule has 4 heteroatoms. The van der Waals surface area contributed by atoms with Crippen LogP contribution >= 0.6 is 11.6 Å². The van der Waals surface area contributed by atoms with Crippen molar-refractivity contribution in [3.8, 4) is 0 Å². The van der Waals surface area contributed by atoms with Crippen molar-refractivity contribution in [3.63, 3.8) is 0 Å². The van der Waals surface area contributed by atoms with Crippen molar-refractivity contribution in [1.82, 2.24) is 0 Å². The van der Waals surface area contributed by atoms with E-state index in [1.807, 2.05) is 0 Å². The van der Waals surface area contributed by atoms with E-state index in [9.17, 15) is 4.39 Å². The van der Waals surface area contributed by atoms with Gasteiger partial charge in [0.15, 0.2) is 0 Å². The zero-order valence-electron chi connectivity index (χ0n) is 7.35. The zero-order valence-corrected chi connectivity index (χ0v) is 8.11. The fourth-order valence-electron chi connectivity index (χ4n) is 1.14. The number of aryl methyl sites for hydroxylation is 1. The molecular formula is C9H12ClFN2. The molecule has 0 spiro atoms. The minimum Gasteiger partial charge on any atom is -0.329 e. The molecule has 4 N–H and O–H groups in total. The van der Waals surface area contributed by atoms with Gasteiger partial charge in [0, 0.05) is 18.2 Å². The Hall–Kier alpha value is -0.640. The molecule has 0 aliphatic heterocycles. The summed E-state index contributed by atoms with van der Waals surface area (Å²) in [5, 5.41) is 0.373. The molecular weight excluding hydrogens is 191 g/mol. The molecule has 0 unspecified atom stereocenters. The lowest BCUT2D eigenvalue weighted by atomic mass is 10.0. The molecule has 0 aromatic heterocycles. The summed E-state index contributed by atoms with van der Waals surface area (Å²) >= 11 is 5.90. The molecule has 0 heterocycles. The van der Waals surface area contributed by atoms with Crippen molar-refractivity contribution < 1.29 is 4.39 Å². The first kappa shape index (κ1) is 10.4. The summed E-state index contributed by atoms with van der Waals surface area (Å²) < 4.78 is 13.2. The number of rotatable bonds is 2. The first-order valence-corrected chi connectivity index (χ1v) is 4.36. The highest BCUT2D eigenvalue weighted by molar-refractivity contribution is 6.32. The van der Waals surface area contributed by atoms with E-state index in [0.29, 0.717) is 10.6 Å². The highest BCUT2D eigenvalue weighted by Gasteiger charge is 2.15. The van der Waals surface area contributed by atoms with Gasteiger partial charge in [-0.2, -0.15) is 0 Å². The van der Waals surface area contributed by atoms with E-state index in [4.69, 9.17) is 23.1 Å². The molecule has 0 bridgehead atoms. The van der Waals surface area contributed by atoms with Crippen LogP contribution in [-0.2, 0) is 0 Å². The van der Waals surface area contributed by atoms with Crippen molar-refractivity contribution in [2.45, 2.75) is 13.0 Å². The lowest BCUT2D eigenvalue weighted by Crippen LogP contribution is -2.22. The maximum absolute atomic E-state index is 13.2. The van der Waals surface area contributed by atoms with Crippen molar-refractivity contribution in [2.75, 3.05) is 6.54 Å². The molecule has 0 aliphatic carbocycles. The quantitative estimate of drug-likeness (QED) is 0.768. The molecule has 1 aromatic carbocycles. The second kappa shape index (κ2) is 4.05. The van der Waals surface area contributed by atoms with E-state index < -0.39 is 11.9 Å². The molecule has 1 aromatic rings. The summed E-state index contributed by atoms with van der Waals surface area (Å²) in [6, 6.07) is 2.43. The third kappa shape index (κ3) is 1.99. The Kier molecular flexibility index (Phi) is 3.25. The van der Waals surface area contributed by atoms with Crippen LogP contribution in [0.15, 0.2) is 12.1 Å². The molecule has 0 fully saturated rings. The van der Waals surface area contributed by atoms with Crippen LogP contribution in [0.1, 0.15) is 17.2 Å². The van der Waals surface area contributed by atoms with Gasteiger partial charge in [0.2, 0.25) is 0 Å². The third-order valence-corrected chi connectivity index (χ3v) is 2.45. The highest BCUT2D eigenvalue weighted by Crippen LogP contribution is 2.27. The first-order chi connectivity index (χ1) is 6.07. The van der Waals surface area contributed by atoms with Gasteiger partial charge in [-0.15, -0.1) is 0 Å². The van der Waals surface area contributed by atoms with E-state index in [1.54, 1.807) is 13.0 Å². The number of nitrogens with two attached hydrogens (primary N) is 2. The molecule has 72 valence electrons. The third-order valence-electron chi connectivity index (χ3n) is 1.94. The summed E-state index contributed by atoms with van der Waals surface area (Å²) in [7, 11) is 0. The lowest BCUT2D eigenvalue weighted by molar-refractivity contribution is 0.583. The molecule has 0 amide bonds. The second-order valence-corrected chi connectivity index (χ2v) is 3.31. The minimum atomic E-state index is -0.535. The Morgan fingerprint density at radius 3 is 2.69 bits per heavy atom. The van der Waals surface area contributed by atoms with Crippen LogP contribution in [-0.4, -0.2) is 6.54 Å². The predicted molar refractivity (Wildman–Crippen MR) is 52.1 cm³/mol. The van der Waals surface area contributed by atoms with Crippen molar-refractivity contribution in [3.05, 3.63) is 34.1 Å². The number of hydrogen-bond donors (Lipinski definition) is 2.